The molecule has 1 aliphatic heterocycles. The number of rotatable bonds is 2. The minimum Gasteiger partial charge on any atom is -0.495 e. The highest BCUT2D eigenvalue weighted by atomic mass is 32.2. The molecule has 0 aliphatic carbocycles. The molecular formula is C10H13NO3S. The highest BCUT2D eigenvalue weighted by Crippen LogP contribution is 2.33. The van der Waals surface area contributed by atoms with Crippen molar-refractivity contribution in [2.75, 3.05) is 25.2 Å². The van der Waals surface area contributed by atoms with Crippen LogP contribution in [0.3, 0.4) is 0 Å². The van der Waals surface area contributed by atoms with Crippen LogP contribution < -0.4 is 10.1 Å². The van der Waals surface area contributed by atoms with Gasteiger partial charge in [0.15, 0.2) is 9.84 Å². The van der Waals surface area contributed by atoms with Crippen LogP contribution in [0.15, 0.2) is 17.0 Å². The largest absolute Gasteiger partial charge is 0.495 e. The van der Waals surface area contributed by atoms with Crippen LogP contribution in [0.1, 0.15) is 5.56 Å². The predicted octanol–water partition coefficient (Wildman–Crippen LogP) is 1.07. The van der Waals surface area contributed by atoms with Crippen LogP contribution in [0.5, 0.6) is 5.75 Å². The zero-order chi connectivity index (χ0) is 11.1. The summed E-state index contributed by atoms with van der Waals surface area (Å²) in [5.74, 6) is 0.408. The maximum absolute atomic E-state index is 11.5. The van der Waals surface area contributed by atoms with Crippen LogP contribution in [-0.2, 0) is 16.3 Å². The van der Waals surface area contributed by atoms with Gasteiger partial charge >= 0.3 is 0 Å². The van der Waals surface area contributed by atoms with Crippen molar-refractivity contribution in [3.05, 3.63) is 17.7 Å². The molecular weight excluding hydrogens is 214 g/mol. The van der Waals surface area contributed by atoms with Crippen LogP contribution in [0, 0.1) is 0 Å². The molecule has 1 aliphatic rings. The van der Waals surface area contributed by atoms with Gasteiger partial charge in [0.05, 0.1) is 7.11 Å². The minimum absolute atomic E-state index is 0.271. The Morgan fingerprint density at radius 3 is 2.73 bits per heavy atom. The van der Waals surface area contributed by atoms with E-state index in [0.29, 0.717) is 5.75 Å². The lowest BCUT2D eigenvalue weighted by Gasteiger charge is -2.09. The third-order valence-electron chi connectivity index (χ3n) is 2.50. The third-order valence-corrected chi connectivity index (χ3v) is 3.62. The summed E-state index contributed by atoms with van der Waals surface area (Å²) in [6.45, 7) is 0.853. The summed E-state index contributed by atoms with van der Waals surface area (Å²) < 4.78 is 28.1. The molecule has 0 amide bonds. The Labute approximate surface area is 89.2 Å². The first-order chi connectivity index (χ1) is 7.02. The van der Waals surface area contributed by atoms with Crippen LogP contribution in [0.4, 0.5) is 5.69 Å². The Hall–Kier alpha value is -1.23. The molecule has 0 unspecified atom stereocenters. The number of sulfone groups is 1. The monoisotopic (exact) mass is 227 g/mol. The highest BCUT2D eigenvalue weighted by molar-refractivity contribution is 7.90. The van der Waals surface area contributed by atoms with Crippen molar-refractivity contribution in [1.82, 2.24) is 0 Å². The maximum atomic E-state index is 11.5. The van der Waals surface area contributed by atoms with Gasteiger partial charge in [-0.15, -0.1) is 0 Å². The summed E-state index contributed by atoms with van der Waals surface area (Å²) >= 11 is 0. The second-order valence-corrected chi connectivity index (χ2v) is 5.59. The molecule has 1 N–H and O–H groups in total. The predicted molar refractivity (Wildman–Crippen MR) is 58.3 cm³/mol. The minimum atomic E-state index is -3.22. The van der Waals surface area contributed by atoms with Gasteiger partial charge in [-0.3, -0.25) is 0 Å². The lowest BCUT2D eigenvalue weighted by Crippen LogP contribution is -2.01. The van der Waals surface area contributed by atoms with E-state index in [1.54, 1.807) is 12.1 Å². The topological polar surface area (TPSA) is 55.4 Å². The number of fused-ring (bicyclic) bond motifs is 1. The average molecular weight is 227 g/mol. The smallest absolute Gasteiger partial charge is 0.179 e. The van der Waals surface area contributed by atoms with Gasteiger partial charge in [-0.1, -0.05) is 0 Å². The Kier molecular flexibility index (Phi) is 2.34. The maximum Gasteiger partial charge on any atom is 0.179 e. The van der Waals surface area contributed by atoms with E-state index < -0.39 is 9.84 Å². The number of ether oxygens (including phenoxy) is 1. The van der Waals surface area contributed by atoms with Gasteiger partial charge in [0.1, 0.15) is 10.6 Å². The van der Waals surface area contributed by atoms with Crippen molar-refractivity contribution in [3.63, 3.8) is 0 Å². The molecule has 82 valence electrons. The van der Waals surface area contributed by atoms with Crippen molar-refractivity contribution in [3.8, 4) is 5.75 Å². The first-order valence-electron chi connectivity index (χ1n) is 4.67. The molecule has 0 aromatic heterocycles. The molecule has 0 fully saturated rings. The van der Waals surface area contributed by atoms with Gasteiger partial charge in [-0.25, -0.2) is 8.42 Å². The number of hydrogen-bond donors (Lipinski definition) is 1. The van der Waals surface area contributed by atoms with Gasteiger partial charge < -0.3 is 10.1 Å². The Bertz CT molecular complexity index is 494. The zero-order valence-corrected chi connectivity index (χ0v) is 9.52. The lowest BCUT2D eigenvalue weighted by molar-refractivity contribution is 0.403. The molecule has 1 aromatic rings. The number of hydrogen-bond acceptors (Lipinski definition) is 4. The molecule has 0 radical (unpaired) electrons. The van der Waals surface area contributed by atoms with E-state index in [-0.39, 0.29) is 4.90 Å². The first kappa shape index (κ1) is 10.3. The van der Waals surface area contributed by atoms with E-state index in [9.17, 15) is 8.42 Å². The van der Waals surface area contributed by atoms with Crippen LogP contribution in [-0.4, -0.2) is 28.3 Å². The Morgan fingerprint density at radius 2 is 2.13 bits per heavy atom. The number of anilines is 1. The quantitative estimate of drug-likeness (QED) is 0.821. The van der Waals surface area contributed by atoms with Gasteiger partial charge in [0.25, 0.3) is 0 Å². The molecule has 0 saturated carbocycles. The highest BCUT2D eigenvalue weighted by Gasteiger charge is 2.20. The van der Waals surface area contributed by atoms with E-state index in [4.69, 9.17) is 4.74 Å². The Balaban J connectivity index is 2.64. The normalized spacial score (nSPS) is 14.5. The molecule has 5 heteroatoms. The SMILES string of the molecule is COc1cc2c(cc1S(C)(=O)=O)CCN2. The number of methoxy groups -OCH3 is 1. The van der Waals surface area contributed by atoms with E-state index in [0.717, 1.165) is 24.2 Å². The van der Waals surface area contributed by atoms with E-state index in [1.807, 2.05) is 0 Å². The van der Waals surface area contributed by atoms with Gasteiger partial charge in [-0.2, -0.15) is 0 Å². The fraction of sp³-hybridized carbons (Fsp3) is 0.400. The standard InChI is InChI=1S/C10H13NO3S/c1-14-9-6-8-7(3-4-11-8)5-10(9)15(2,12)13/h5-6,11H,3-4H2,1-2H3. The number of nitrogens with one attached hydrogen (secondary N) is 1. The zero-order valence-electron chi connectivity index (χ0n) is 8.70. The van der Waals surface area contributed by atoms with Crippen LogP contribution in [0.25, 0.3) is 0 Å². The van der Waals surface area contributed by atoms with Gasteiger partial charge in [-0.05, 0) is 18.1 Å². The van der Waals surface area contributed by atoms with Crippen molar-refractivity contribution in [2.45, 2.75) is 11.3 Å². The van der Waals surface area contributed by atoms with Crippen LogP contribution in [0.2, 0.25) is 0 Å². The third kappa shape index (κ3) is 1.79. The Morgan fingerprint density at radius 1 is 1.40 bits per heavy atom. The lowest BCUT2D eigenvalue weighted by atomic mass is 10.1. The van der Waals surface area contributed by atoms with Crippen LogP contribution >= 0.6 is 0 Å². The number of benzene rings is 1. The fourth-order valence-corrected chi connectivity index (χ4v) is 2.62. The summed E-state index contributed by atoms with van der Waals surface area (Å²) in [7, 11) is -1.74. The van der Waals surface area contributed by atoms with Crippen molar-refractivity contribution in [2.24, 2.45) is 0 Å². The van der Waals surface area contributed by atoms with Crippen molar-refractivity contribution >= 4 is 15.5 Å². The molecule has 4 nitrogen and oxygen atoms in total. The molecule has 0 saturated heterocycles. The van der Waals surface area contributed by atoms with Crippen molar-refractivity contribution in [1.29, 1.82) is 0 Å². The summed E-state index contributed by atoms with van der Waals surface area (Å²) in [6.07, 6.45) is 2.06. The summed E-state index contributed by atoms with van der Waals surface area (Å²) in [4.78, 5) is 0.271. The summed E-state index contributed by atoms with van der Waals surface area (Å²) in [6, 6.07) is 3.45. The molecule has 2 rings (SSSR count). The second-order valence-electron chi connectivity index (χ2n) is 3.61. The van der Waals surface area contributed by atoms with Gasteiger partial charge in [0, 0.05) is 24.6 Å². The first-order valence-corrected chi connectivity index (χ1v) is 6.56. The second kappa shape index (κ2) is 3.41. The van der Waals surface area contributed by atoms with E-state index >= 15 is 0 Å². The van der Waals surface area contributed by atoms with E-state index in [2.05, 4.69) is 5.32 Å². The average Bonchev–Trinajstić information content (AvgIpc) is 2.60. The molecule has 15 heavy (non-hydrogen) atoms. The van der Waals surface area contributed by atoms with Crippen molar-refractivity contribution < 1.29 is 13.2 Å². The molecule has 1 heterocycles. The van der Waals surface area contributed by atoms with Gasteiger partial charge in [0.2, 0.25) is 0 Å². The fourth-order valence-electron chi connectivity index (χ4n) is 1.75. The van der Waals surface area contributed by atoms with E-state index in [1.165, 1.54) is 13.4 Å². The molecule has 1 aromatic carbocycles. The molecule has 0 spiro atoms. The molecule has 0 bridgehead atoms. The summed E-state index contributed by atoms with van der Waals surface area (Å²) in [5.41, 5.74) is 2.01. The molecule has 0 atom stereocenters. The summed E-state index contributed by atoms with van der Waals surface area (Å²) in [5, 5.41) is 3.18.